The van der Waals surface area contributed by atoms with Crippen molar-refractivity contribution in [3.63, 3.8) is 0 Å². The highest BCUT2D eigenvalue weighted by Gasteiger charge is 2.36. The molecule has 2 aliphatic rings. The quantitative estimate of drug-likeness (QED) is 0.237. The number of ether oxygens (including phenoxy) is 3. The number of hydrogen-bond donors (Lipinski definition) is 1. The molecule has 38 heavy (non-hydrogen) atoms. The SMILES string of the molecule is COc1cc(/C=C2/C(=N)N3C(c4ccccc4)=CSC3=NC2=O)cc(Br)c1OCCOc1ccc(C)cc1. The maximum atomic E-state index is 12.9. The van der Waals surface area contributed by atoms with Gasteiger partial charge in [-0.1, -0.05) is 59.8 Å². The minimum Gasteiger partial charge on any atom is -0.493 e. The number of carbonyl (C=O) groups excluding carboxylic acids is 1. The van der Waals surface area contributed by atoms with Crippen LogP contribution in [0.2, 0.25) is 0 Å². The lowest BCUT2D eigenvalue weighted by Crippen LogP contribution is -2.38. The predicted octanol–water partition coefficient (Wildman–Crippen LogP) is 6.53. The summed E-state index contributed by atoms with van der Waals surface area (Å²) in [4.78, 5) is 18.8. The minimum atomic E-state index is -0.458. The first-order valence-corrected chi connectivity index (χ1v) is 13.5. The summed E-state index contributed by atoms with van der Waals surface area (Å²) in [7, 11) is 1.55. The van der Waals surface area contributed by atoms with Gasteiger partial charge in [-0.3, -0.25) is 15.1 Å². The minimum absolute atomic E-state index is 0.0729. The third-order valence-corrected chi connectivity index (χ3v) is 7.28. The van der Waals surface area contributed by atoms with Gasteiger partial charge in [0.2, 0.25) is 0 Å². The molecule has 1 N–H and O–H groups in total. The number of benzene rings is 3. The molecule has 2 heterocycles. The van der Waals surface area contributed by atoms with E-state index >= 15 is 0 Å². The monoisotopic (exact) mass is 589 g/mol. The molecule has 5 rings (SSSR count). The Morgan fingerprint density at radius 3 is 2.53 bits per heavy atom. The third kappa shape index (κ3) is 5.39. The molecule has 0 aliphatic carbocycles. The van der Waals surface area contributed by atoms with Gasteiger partial charge in [0, 0.05) is 5.41 Å². The Hall–Kier alpha value is -3.82. The number of aliphatic imine (C=N–C) groups is 1. The van der Waals surface area contributed by atoms with Crippen LogP contribution in [0.3, 0.4) is 0 Å². The van der Waals surface area contributed by atoms with E-state index in [1.54, 1.807) is 24.2 Å². The molecule has 2 aliphatic heterocycles. The van der Waals surface area contributed by atoms with E-state index in [0.717, 1.165) is 17.0 Å². The Labute approximate surface area is 233 Å². The standard InChI is InChI=1S/C29H24BrN3O4S/c1-18-8-10-21(11-9-18)36-12-13-37-26-23(30)15-19(16-25(26)35-2)14-22-27(31)33-24(20-6-4-3-5-7-20)17-38-29(33)32-28(22)34/h3-11,14-17,31H,12-13H2,1-2H3/b22-14-,31-27?. The molecule has 0 atom stereocenters. The second kappa shape index (κ2) is 11.3. The Morgan fingerprint density at radius 2 is 1.79 bits per heavy atom. The van der Waals surface area contributed by atoms with Gasteiger partial charge in [0.1, 0.15) is 24.8 Å². The first-order chi connectivity index (χ1) is 18.4. The van der Waals surface area contributed by atoms with Gasteiger partial charge in [0.15, 0.2) is 16.7 Å². The molecule has 3 aromatic carbocycles. The molecular formula is C29H24BrN3O4S. The van der Waals surface area contributed by atoms with Crippen molar-refractivity contribution < 1.29 is 19.0 Å². The van der Waals surface area contributed by atoms with Crippen molar-refractivity contribution in [1.29, 1.82) is 5.41 Å². The van der Waals surface area contributed by atoms with Crippen LogP contribution in [0, 0.1) is 12.3 Å². The average molecular weight is 590 g/mol. The number of methoxy groups -OCH3 is 1. The zero-order chi connectivity index (χ0) is 26.6. The maximum absolute atomic E-state index is 12.9. The molecule has 3 aromatic rings. The number of halogens is 1. The van der Waals surface area contributed by atoms with Crippen molar-refractivity contribution in [2.45, 2.75) is 6.92 Å². The van der Waals surface area contributed by atoms with E-state index in [4.69, 9.17) is 19.6 Å². The highest BCUT2D eigenvalue weighted by molar-refractivity contribution is 9.10. The first-order valence-electron chi connectivity index (χ1n) is 11.8. The van der Waals surface area contributed by atoms with Gasteiger partial charge < -0.3 is 14.2 Å². The number of hydrogen-bond acceptors (Lipinski definition) is 6. The van der Waals surface area contributed by atoms with Crippen LogP contribution >= 0.6 is 27.7 Å². The van der Waals surface area contributed by atoms with Crippen molar-refractivity contribution in [1.82, 2.24) is 4.90 Å². The second-order valence-corrected chi connectivity index (χ2v) is 10.2. The lowest BCUT2D eigenvalue weighted by molar-refractivity contribution is -0.114. The number of fused-ring (bicyclic) bond motifs is 1. The lowest BCUT2D eigenvalue weighted by atomic mass is 10.1. The molecule has 0 saturated carbocycles. The van der Waals surface area contributed by atoms with Crippen molar-refractivity contribution in [3.05, 3.63) is 98.9 Å². The number of amides is 1. The van der Waals surface area contributed by atoms with Crippen LogP contribution in [0.15, 0.2) is 87.2 Å². The normalized spacial score (nSPS) is 15.8. The first kappa shape index (κ1) is 25.8. The summed E-state index contributed by atoms with van der Waals surface area (Å²) in [5.74, 6) is 1.41. The molecule has 0 unspecified atom stereocenters. The van der Waals surface area contributed by atoms with E-state index < -0.39 is 5.91 Å². The molecule has 9 heteroatoms. The molecule has 1 amide bonds. The van der Waals surface area contributed by atoms with Gasteiger partial charge in [0.05, 0.1) is 22.9 Å². The van der Waals surface area contributed by atoms with E-state index in [-0.39, 0.29) is 11.4 Å². The fourth-order valence-corrected chi connectivity index (χ4v) is 5.45. The van der Waals surface area contributed by atoms with Crippen molar-refractivity contribution in [3.8, 4) is 17.2 Å². The summed E-state index contributed by atoms with van der Waals surface area (Å²) < 4.78 is 17.9. The van der Waals surface area contributed by atoms with Gasteiger partial charge in [-0.05, 0) is 64.3 Å². The van der Waals surface area contributed by atoms with E-state index in [1.165, 1.54) is 17.3 Å². The van der Waals surface area contributed by atoms with Crippen LogP contribution in [0.25, 0.3) is 11.8 Å². The van der Waals surface area contributed by atoms with E-state index in [9.17, 15) is 4.79 Å². The van der Waals surface area contributed by atoms with Crippen LogP contribution in [-0.4, -0.2) is 42.1 Å². The molecule has 7 nitrogen and oxygen atoms in total. The summed E-state index contributed by atoms with van der Waals surface area (Å²) in [5.41, 5.74) is 3.78. The van der Waals surface area contributed by atoms with Crippen molar-refractivity contribution in [2.75, 3.05) is 20.3 Å². The van der Waals surface area contributed by atoms with Crippen LogP contribution in [0.1, 0.15) is 16.7 Å². The largest absolute Gasteiger partial charge is 0.493 e. The van der Waals surface area contributed by atoms with Crippen LogP contribution < -0.4 is 14.2 Å². The number of nitrogens with zero attached hydrogens (tertiary/aromatic N) is 2. The zero-order valence-electron chi connectivity index (χ0n) is 20.7. The highest BCUT2D eigenvalue weighted by Crippen LogP contribution is 2.39. The molecule has 0 saturated heterocycles. The Bertz CT molecular complexity index is 1480. The number of thioether (sulfide) groups is 1. The molecule has 0 fully saturated rings. The third-order valence-electron chi connectivity index (χ3n) is 5.87. The fraction of sp³-hybridized carbons (Fsp3) is 0.138. The molecular weight excluding hydrogens is 566 g/mol. The lowest BCUT2D eigenvalue weighted by Gasteiger charge is -2.27. The summed E-state index contributed by atoms with van der Waals surface area (Å²) in [6.45, 7) is 2.70. The molecule has 192 valence electrons. The maximum Gasteiger partial charge on any atom is 0.283 e. The summed E-state index contributed by atoms with van der Waals surface area (Å²) in [5, 5.41) is 11.2. The van der Waals surface area contributed by atoms with E-state index in [2.05, 4.69) is 20.9 Å². The summed E-state index contributed by atoms with van der Waals surface area (Å²) in [6, 6.07) is 21.2. The average Bonchev–Trinajstić information content (AvgIpc) is 3.35. The van der Waals surface area contributed by atoms with Crippen LogP contribution in [-0.2, 0) is 4.79 Å². The van der Waals surface area contributed by atoms with Gasteiger partial charge >= 0.3 is 0 Å². The van der Waals surface area contributed by atoms with E-state index in [0.29, 0.717) is 39.9 Å². The molecule has 0 radical (unpaired) electrons. The van der Waals surface area contributed by atoms with Crippen LogP contribution in [0.5, 0.6) is 17.2 Å². The van der Waals surface area contributed by atoms with Crippen molar-refractivity contribution in [2.24, 2.45) is 4.99 Å². The Morgan fingerprint density at radius 1 is 1.05 bits per heavy atom. The smallest absolute Gasteiger partial charge is 0.283 e. The van der Waals surface area contributed by atoms with Gasteiger partial charge in [-0.2, -0.15) is 4.99 Å². The molecule has 0 aromatic heterocycles. The Balaban J connectivity index is 1.34. The van der Waals surface area contributed by atoms with Crippen LogP contribution in [0.4, 0.5) is 0 Å². The summed E-state index contributed by atoms with van der Waals surface area (Å²) in [6.07, 6.45) is 1.65. The number of nitrogens with one attached hydrogen (secondary N) is 1. The van der Waals surface area contributed by atoms with Crippen molar-refractivity contribution >= 4 is 56.4 Å². The van der Waals surface area contributed by atoms with Gasteiger partial charge in [-0.25, -0.2) is 0 Å². The number of carbonyl (C=O) groups is 1. The predicted molar refractivity (Wildman–Crippen MR) is 155 cm³/mol. The number of aryl methyl sites for hydroxylation is 1. The Kier molecular flexibility index (Phi) is 7.67. The topological polar surface area (TPSA) is 84.2 Å². The molecule has 0 bridgehead atoms. The van der Waals surface area contributed by atoms with Gasteiger partial charge in [0.25, 0.3) is 5.91 Å². The zero-order valence-corrected chi connectivity index (χ0v) is 23.1. The fourth-order valence-electron chi connectivity index (χ4n) is 3.98. The number of amidine groups is 2. The highest BCUT2D eigenvalue weighted by atomic mass is 79.9. The summed E-state index contributed by atoms with van der Waals surface area (Å²) >= 11 is 4.89. The number of rotatable bonds is 8. The van der Waals surface area contributed by atoms with E-state index in [1.807, 2.05) is 73.0 Å². The second-order valence-electron chi connectivity index (χ2n) is 8.47. The molecule has 0 spiro atoms. The van der Waals surface area contributed by atoms with Gasteiger partial charge in [-0.15, -0.1) is 0 Å².